The van der Waals surface area contributed by atoms with Gasteiger partial charge in [-0.15, -0.1) is 0 Å². The molecular formula is C15H22O3. The summed E-state index contributed by atoms with van der Waals surface area (Å²) in [5.74, 6) is -0.253. The molecule has 0 N–H and O–H groups in total. The predicted octanol–water partition coefficient (Wildman–Crippen LogP) is 3.18. The molecule has 0 aliphatic rings. The average molecular weight is 250 g/mol. The molecule has 0 unspecified atom stereocenters. The minimum Gasteiger partial charge on any atom is -0.463 e. The van der Waals surface area contributed by atoms with E-state index < -0.39 is 0 Å². The summed E-state index contributed by atoms with van der Waals surface area (Å²) < 4.78 is 10.7. The Labute approximate surface area is 109 Å². The molecular weight excluding hydrogens is 228 g/mol. The molecule has 1 rings (SSSR count). The fourth-order valence-electron chi connectivity index (χ4n) is 1.49. The summed E-state index contributed by atoms with van der Waals surface area (Å²) in [5.41, 5.74) is 1.15. The monoisotopic (exact) mass is 250 g/mol. The number of esters is 1. The van der Waals surface area contributed by atoms with Crippen LogP contribution in [-0.4, -0.2) is 18.7 Å². The van der Waals surface area contributed by atoms with E-state index in [1.807, 2.05) is 51.1 Å². The molecule has 0 spiro atoms. The van der Waals surface area contributed by atoms with Crippen LogP contribution in [0.5, 0.6) is 0 Å². The molecule has 0 aliphatic carbocycles. The van der Waals surface area contributed by atoms with Gasteiger partial charge in [0.15, 0.2) is 0 Å². The van der Waals surface area contributed by atoms with Crippen molar-refractivity contribution in [1.82, 2.24) is 0 Å². The lowest BCUT2D eigenvalue weighted by Crippen LogP contribution is -2.20. The Balaban J connectivity index is 2.16. The molecule has 0 bridgehead atoms. The van der Waals surface area contributed by atoms with Gasteiger partial charge in [0.05, 0.1) is 18.6 Å². The van der Waals surface area contributed by atoms with Gasteiger partial charge < -0.3 is 9.47 Å². The van der Waals surface area contributed by atoms with E-state index in [2.05, 4.69) is 0 Å². The summed E-state index contributed by atoms with van der Waals surface area (Å²) in [6.45, 7) is 6.75. The van der Waals surface area contributed by atoms with Crippen LogP contribution in [0.4, 0.5) is 0 Å². The van der Waals surface area contributed by atoms with E-state index in [4.69, 9.17) is 9.47 Å². The van der Waals surface area contributed by atoms with Crippen molar-refractivity contribution >= 4 is 5.97 Å². The molecule has 1 atom stereocenters. The Hall–Kier alpha value is -1.35. The zero-order valence-corrected chi connectivity index (χ0v) is 11.4. The maximum atomic E-state index is 11.5. The number of hydrogen-bond acceptors (Lipinski definition) is 3. The average Bonchev–Trinajstić information content (AvgIpc) is 2.34. The molecule has 3 heteroatoms. The smallest absolute Gasteiger partial charge is 0.308 e. The molecule has 100 valence electrons. The minimum absolute atomic E-state index is 0.0508. The molecule has 0 fully saturated rings. The summed E-state index contributed by atoms with van der Waals surface area (Å²) >= 11 is 0. The SMILES string of the molecule is CC(C)OC(=O)[C@@H](C)CCOCc1ccccc1. The number of benzene rings is 1. The summed E-state index contributed by atoms with van der Waals surface area (Å²) in [4.78, 5) is 11.5. The van der Waals surface area contributed by atoms with Gasteiger partial charge in [-0.25, -0.2) is 0 Å². The highest BCUT2D eigenvalue weighted by Crippen LogP contribution is 2.08. The fraction of sp³-hybridized carbons (Fsp3) is 0.533. The molecule has 1 aromatic carbocycles. The number of carbonyl (C=O) groups excluding carboxylic acids is 1. The quantitative estimate of drug-likeness (QED) is 0.550. The molecule has 0 saturated heterocycles. The molecule has 1 aromatic rings. The lowest BCUT2D eigenvalue weighted by molar-refractivity contribution is -0.152. The van der Waals surface area contributed by atoms with Crippen molar-refractivity contribution < 1.29 is 14.3 Å². The van der Waals surface area contributed by atoms with Crippen LogP contribution >= 0.6 is 0 Å². The van der Waals surface area contributed by atoms with E-state index in [1.165, 1.54) is 0 Å². The number of hydrogen-bond donors (Lipinski definition) is 0. The number of ether oxygens (including phenoxy) is 2. The van der Waals surface area contributed by atoms with Crippen molar-refractivity contribution in [3.8, 4) is 0 Å². The van der Waals surface area contributed by atoms with E-state index in [-0.39, 0.29) is 18.0 Å². The first-order valence-electron chi connectivity index (χ1n) is 6.41. The third-order valence-electron chi connectivity index (χ3n) is 2.56. The van der Waals surface area contributed by atoms with Crippen LogP contribution in [0.1, 0.15) is 32.8 Å². The third-order valence-corrected chi connectivity index (χ3v) is 2.56. The van der Waals surface area contributed by atoms with Crippen molar-refractivity contribution in [2.75, 3.05) is 6.61 Å². The largest absolute Gasteiger partial charge is 0.463 e. The minimum atomic E-state index is -0.145. The first-order valence-corrected chi connectivity index (χ1v) is 6.41. The highest BCUT2D eigenvalue weighted by Gasteiger charge is 2.15. The first-order chi connectivity index (χ1) is 8.59. The lowest BCUT2D eigenvalue weighted by atomic mass is 10.1. The lowest BCUT2D eigenvalue weighted by Gasteiger charge is -2.13. The van der Waals surface area contributed by atoms with E-state index in [0.717, 1.165) is 5.56 Å². The van der Waals surface area contributed by atoms with Gasteiger partial charge in [0, 0.05) is 6.61 Å². The van der Waals surface area contributed by atoms with E-state index >= 15 is 0 Å². The van der Waals surface area contributed by atoms with Crippen molar-refractivity contribution in [1.29, 1.82) is 0 Å². The van der Waals surface area contributed by atoms with Gasteiger partial charge in [-0.3, -0.25) is 4.79 Å². The summed E-state index contributed by atoms with van der Waals surface area (Å²) in [6.07, 6.45) is 0.642. The van der Waals surface area contributed by atoms with Crippen molar-refractivity contribution in [3.63, 3.8) is 0 Å². The molecule has 0 saturated carbocycles. The van der Waals surface area contributed by atoms with Gasteiger partial charge in [-0.1, -0.05) is 37.3 Å². The molecule has 3 nitrogen and oxygen atoms in total. The van der Waals surface area contributed by atoms with Crippen LogP contribution < -0.4 is 0 Å². The van der Waals surface area contributed by atoms with Crippen molar-refractivity contribution in [3.05, 3.63) is 35.9 Å². The zero-order valence-electron chi connectivity index (χ0n) is 11.4. The van der Waals surface area contributed by atoms with Gasteiger partial charge >= 0.3 is 5.97 Å². The normalized spacial score (nSPS) is 12.4. The summed E-state index contributed by atoms with van der Waals surface area (Å²) in [5, 5.41) is 0. The van der Waals surface area contributed by atoms with Crippen LogP contribution in [0.25, 0.3) is 0 Å². The standard InChI is InChI=1S/C15H22O3/c1-12(2)18-15(16)13(3)9-10-17-11-14-7-5-4-6-8-14/h4-8,12-13H,9-11H2,1-3H3/t13-/m0/s1. The van der Waals surface area contributed by atoms with Gasteiger partial charge in [0.25, 0.3) is 0 Å². The third kappa shape index (κ3) is 5.82. The van der Waals surface area contributed by atoms with Crippen LogP contribution in [0.2, 0.25) is 0 Å². The topological polar surface area (TPSA) is 35.5 Å². The molecule has 0 amide bonds. The van der Waals surface area contributed by atoms with Crippen LogP contribution in [0, 0.1) is 5.92 Å². The fourth-order valence-corrected chi connectivity index (χ4v) is 1.49. The molecule has 0 aromatic heterocycles. The molecule has 0 aliphatic heterocycles. The van der Waals surface area contributed by atoms with Gasteiger partial charge in [-0.05, 0) is 25.8 Å². The number of rotatable bonds is 7. The molecule has 18 heavy (non-hydrogen) atoms. The van der Waals surface area contributed by atoms with Gasteiger partial charge in [0.2, 0.25) is 0 Å². The van der Waals surface area contributed by atoms with Crippen LogP contribution in [0.3, 0.4) is 0 Å². The Bertz CT molecular complexity index is 346. The second-order valence-electron chi connectivity index (χ2n) is 4.71. The summed E-state index contributed by atoms with van der Waals surface area (Å²) in [7, 11) is 0. The van der Waals surface area contributed by atoms with E-state index in [9.17, 15) is 4.79 Å². The Morgan fingerprint density at radius 3 is 2.44 bits per heavy atom. The predicted molar refractivity (Wildman–Crippen MR) is 71.1 cm³/mol. The van der Waals surface area contributed by atoms with Crippen LogP contribution in [-0.2, 0) is 20.9 Å². The maximum absolute atomic E-state index is 11.5. The van der Waals surface area contributed by atoms with Crippen LogP contribution in [0.15, 0.2) is 30.3 Å². The highest BCUT2D eigenvalue weighted by atomic mass is 16.5. The first kappa shape index (κ1) is 14.7. The second-order valence-corrected chi connectivity index (χ2v) is 4.71. The van der Waals surface area contributed by atoms with E-state index in [1.54, 1.807) is 0 Å². The number of carbonyl (C=O) groups is 1. The second kappa shape index (κ2) is 7.88. The molecule has 0 heterocycles. The highest BCUT2D eigenvalue weighted by molar-refractivity contribution is 5.72. The van der Waals surface area contributed by atoms with Gasteiger partial charge in [0.1, 0.15) is 0 Å². The Morgan fingerprint density at radius 1 is 1.17 bits per heavy atom. The maximum Gasteiger partial charge on any atom is 0.308 e. The Kier molecular flexibility index (Phi) is 6.44. The van der Waals surface area contributed by atoms with Crippen molar-refractivity contribution in [2.24, 2.45) is 5.92 Å². The summed E-state index contributed by atoms with van der Waals surface area (Å²) in [6, 6.07) is 10.0. The van der Waals surface area contributed by atoms with Gasteiger partial charge in [-0.2, -0.15) is 0 Å². The zero-order chi connectivity index (χ0) is 13.4. The Morgan fingerprint density at radius 2 is 1.83 bits per heavy atom. The van der Waals surface area contributed by atoms with E-state index in [0.29, 0.717) is 19.6 Å². The van der Waals surface area contributed by atoms with Crippen molar-refractivity contribution in [2.45, 2.75) is 39.9 Å². The molecule has 0 radical (unpaired) electrons.